The summed E-state index contributed by atoms with van der Waals surface area (Å²) in [5, 5.41) is 57.3. The maximum atomic E-state index is 10.7. The van der Waals surface area contributed by atoms with E-state index in [1.165, 1.54) is 16.2 Å². The van der Waals surface area contributed by atoms with Crippen molar-refractivity contribution in [3.8, 4) is 68.8 Å². The largest absolute Gasteiger partial charge is 0.192 e. The summed E-state index contributed by atoms with van der Waals surface area (Å²) >= 11 is 0. The average molecular weight is 781 g/mol. The maximum absolute atomic E-state index is 10.7. The summed E-state index contributed by atoms with van der Waals surface area (Å²) in [5.41, 5.74) is 8.88. The second kappa shape index (κ2) is 13.2. The lowest BCUT2D eigenvalue weighted by molar-refractivity contribution is 1.46. The van der Waals surface area contributed by atoms with E-state index >= 15 is 0 Å². The van der Waals surface area contributed by atoms with E-state index in [0.717, 1.165) is 104 Å². The van der Waals surface area contributed by atoms with E-state index in [2.05, 4.69) is 121 Å². The molecule has 0 aromatic heterocycles. The molecule has 0 aliphatic rings. The highest BCUT2D eigenvalue weighted by atomic mass is 14.3. The van der Waals surface area contributed by atoms with Gasteiger partial charge in [-0.2, -0.15) is 21.0 Å². The van der Waals surface area contributed by atoms with Crippen molar-refractivity contribution in [2.45, 2.75) is 0 Å². The van der Waals surface area contributed by atoms with Crippen molar-refractivity contribution in [3.63, 3.8) is 0 Å². The molecule has 12 rings (SSSR count). The van der Waals surface area contributed by atoms with Crippen LogP contribution in [0.1, 0.15) is 22.3 Å². The highest BCUT2D eigenvalue weighted by Gasteiger charge is 2.27. The highest BCUT2D eigenvalue weighted by Crippen LogP contribution is 2.55. The Bertz CT molecular complexity index is 4090. The molecule has 0 aliphatic heterocycles. The van der Waals surface area contributed by atoms with Crippen LogP contribution in [0.4, 0.5) is 0 Å². The summed E-state index contributed by atoms with van der Waals surface area (Å²) < 4.78 is 0. The number of rotatable bonds is 4. The number of nitriles is 4. The Morgan fingerprint density at radius 2 is 0.726 bits per heavy atom. The van der Waals surface area contributed by atoms with Gasteiger partial charge in [-0.05, 0) is 175 Å². The first-order valence-electron chi connectivity index (χ1n) is 20.4. The normalized spacial score (nSPS) is 11.5. The summed E-state index contributed by atoms with van der Waals surface area (Å²) in [6.45, 7) is 0. The molecule has 0 heterocycles. The topological polar surface area (TPSA) is 95.2 Å². The standard InChI is InChI=1S/C58H28N4/c59-29-33-22-38(42-14-3-1-10-36(42)31-61)26-40(24-33)53-51-28-50-45-17-6-5-16-44(45)46-18-9-21-49(55(46)50)56(51)54(58-48-20-8-13-35-12-7-19-47(52(35)48)57(53)58)41-25-34(30-60)23-39(27-41)43-15-4-2-11-37(43)32-62/h1-28H. The number of hydrogen-bond donors (Lipinski definition) is 0. The van der Waals surface area contributed by atoms with Gasteiger partial charge in [-0.25, -0.2) is 0 Å². The smallest absolute Gasteiger partial charge is 0.0998 e. The molecular weight excluding hydrogens is 753 g/mol. The number of nitrogens with zero attached hydrogens (tertiary/aromatic N) is 4. The Hall–Kier alpha value is -9.06. The lowest BCUT2D eigenvalue weighted by Crippen LogP contribution is -1.94. The summed E-state index contributed by atoms with van der Waals surface area (Å²) in [6.07, 6.45) is 0. The van der Waals surface area contributed by atoms with Crippen molar-refractivity contribution < 1.29 is 0 Å². The molecule has 0 fully saturated rings. The minimum absolute atomic E-state index is 0.491. The molecule has 12 aromatic rings. The van der Waals surface area contributed by atoms with E-state index in [1.807, 2.05) is 72.8 Å². The van der Waals surface area contributed by atoms with Crippen LogP contribution in [-0.2, 0) is 0 Å². The number of hydrogen-bond acceptors (Lipinski definition) is 4. The van der Waals surface area contributed by atoms with E-state index < -0.39 is 0 Å². The molecule has 0 saturated heterocycles. The first kappa shape index (κ1) is 34.9. The van der Waals surface area contributed by atoms with Crippen LogP contribution in [-0.4, -0.2) is 0 Å². The molecule has 4 heteroatoms. The van der Waals surface area contributed by atoms with E-state index in [9.17, 15) is 21.0 Å². The van der Waals surface area contributed by atoms with Gasteiger partial charge >= 0.3 is 0 Å². The molecule has 0 atom stereocenters. The zero-order chi connectivity index (χ0) is 41.6. The second-order valence-corrected chi connectivity index (χ2v) is 16.0. The lowest BCUT2D eigenvalue weighted by atomic mass is 9.82. The SMILES string of the molecule is N#Cc1cc(-c2ccccc2C#N)cc(-c2c3cc4c5ccccc5c5cccc(c3c(-c3cc(C#N)cc(-c6ccccc6C#N)c3)c3c6cccc7cccc(c23)c76)c54)c1. The van der Waals surface area contributed by atoms with Crippen molar-refractivity contribution in [2.75, 3.05) is 0 Å². The maximum Gasteiger partial charge on any atom is 0.0998 e. The van der Waals surface area contributed by atoms with E-state index in [0.29, 0.717) is 22.3 Å². The van der Waals surface area contributed by atoms with Crippen LogP contribution in [0.2, 0.25) is 0 Å². The third-order valence-electron chi connectivity index (χ3n) is 12.8. The summed E-state index contributed by atoms with van der Waals surface area (Å²) in [4.78, 5) is 0. The average Bonchev–Trinajstić information content (AvgIpc) is 3.84. The molecular formula is C58H28N4. The van der Waals surface area contributed by atoms with Crippen LogP contribution in [0.25, 0.3) is 120 Å². The molecule has 0 spiro atoms. The molecule has 4 nitrogen and oxygen atoms in total. The van der Waals surface area contributed by atoms with Crippen LogP contribution in [0, 0.1) is 45.3 Å². The zero-order valence-electron chi connectivity index (χ0n) is 33.0. The summed E-state index contributed by atoms with van der Waals surface area (Å²) in [5.74, 6) is 0. The van der Waals surface area contributed by atoms with Crippen LogP contribution in [0.15, 0.2) is 170 Å². The van der Waals surface area contributed by atoms with E-state index in [-0.39, 0.29) is 0 Å². The van der Waals surface area contributed by atoms with Gasteiger partial charge in [0.1, 0.15) is 0 Å². The third kappa shape index (κ3) is 4.84. The molecule has 0 bridgehead atoms. The van der Waals surface area contributed by atoms with Crippen molar-refractivity contribution >= 4 is 75.4 Å². The Morgan fingerprint density at radius 3 is 1.31 bits per heavy atom. The third-order valence-corrected chi connectivity index (χ3v) is 12.8. The molecule has 0 saturated carbocycles. The lowest BCUT2D eigenvalue weighted by Gasteiger charge is -2.20. The first-order valence-corrected chi connectivity index (χ1v) is 20.4. The second-order valence-electron chi connectivity index (χ2n) is 16.0. The van der Waals surface area contributed by atoms with Gasteiger partial charge in [0, 0.05) is 0 Å². The van der Waals surface area contributed by atoms with Gasteiger partial charge in [-0.1, -0.05) is 115 Å². The fourth-order valence-corrected chi connectivity index (χ4v) is 10.4. The molecule has 0 radical (unpaired) electrons. The fraction of sp³-hybridized carbons (Fsp3) is 0. The Morgan fingerprint density at radius 1 is 0.274 bits per heavy atom. The number of fused-ring (bicyclic) bond motifs is 8. The molecule has 0 N–H and O–H groups in total. The Labute approximate surface area is 355 Å². The Kier molecular flexibility index (Phi) is 7.45. The molecule has 280 valence electrons. The summed E-state index contributed by atoms with van der Waals surface area (Å²) in [7, 11) is 0. The Balaban J connectivity index is 1.37. The molecule has 12 aromatic carbocycles. The van der Waals surface area contributed by atoms with Crippen molar-refractivity contribution in [2.24, 2.45) is 0 Å². The van der Waals surface area contributed by atoms with Gasteiger partial charge in [-0.15, -0.1) is 0 Å². The fourth-order valence-electron chi connectivity index (χ4n) is 10.4. The van der Waals surface area contributed by atoms with Crippen molar-refractivity contribution in [1.82, 2.24) is 0 Å². The summed E-state index contributed by atoms with van der Waals surface area (Å²) in [6, 6.07) is 67.2. The van der Waals surface area contributed by atoms with Crippen molar-refractivity contribution in [3.05, 3.63) is 192 Å². The van der Waals surface area contributed by atoms with Crippen LogP contribution in [0.3, 0.4) is 0 Å². The van der Waals surface area contributed by atoms with Gasteiger partial charge in [0.05, 0.1) is 46.5 Å². The van der Waals surface area contributed by atoms with E-state index in [1.54, 1.807) is 0 Å². The predicted molar refractivity (Wildman–Crippen MR) is 252 cm³/mol. The zero-order valence-corrected chi connectivity index (χ0v) is 33.0. The quantitative estimate of drug-likeness (QED) is 0.166. The first-order chi connectivity index (χ1) is 30.6. The highest BCUT2D eigenvalue weighted by molar-refractivity contribution is 6.44. The van der Waals surface area contributed by atoms with Gasteiger partial charge in [-0.3, -0.25) is 0 Å². The predicted octanol–water partition coefficient (Wildman–Crippen LogP) is 14.8. The number of benzene rings is 10. The van der Waals surface area contributed by atoms with E-state index in [4.69, 9.17) is 0 Å². The van der Waals surface area contributed by atoms with Crippen LogP contribution < -0.4 is 0 Å². The monoisotopic (exact) mass is 780 g/mol. The van der Waals surface area contributed by atoms with Gasteiger partial charge in [0.15, 0.2) is 0 Å². The van der Waals surface area contributed by atoms with Gasteiger partial charge in [0.25, 0.3) is 0 Å². The van der Waals surface area contributed by atoms with Crippen molar-refractivity contribution in [1.29, 1.82) is 21.0 Å². The molecule has 62 heavy (non-hydrogen) atoms. The molecule has 0 amide bonds. The van der Waals surface area contributed by atoms with Crippen LogP contribution >= 0.6 is 0 Å². The van der Waals surface area contributed by atoms with Crippen LogP contribution in [0.5, 0.6) is 0 Å². The molecule has 0 unspecified atom stereocenters. The minimum Gasteiger partial charge on any atom is -0.192 e. The minimum atomic E-state index is 0.491. The van der Waals surface area contributed by atoms with Gasteiger partial charge in [0.2, 0.25) is 0 Å². The molecule has 0 aliphatic carbocycles. The van der Waals surface area contributed by atoms with Gasteiger partial charge < -0.3 is 0 Å².